The number of hydrogen-bond donors (Lipinski definition) is 0. The Bertz CT molecular complexity index is 663. The van der Waals surface area contributed by atoms with E-state index in [9.17, 15) is 14.0 Å². The third-order valence-corrected chi connectivity index (χ3v) is 3.12. The van der Waals surface area contributed by atoms with Crippen LogP contribution in [0.1, 0.15) is 20.7 Å². The van der Waals surface area contributed by atoms with Crippen LogP contribution in [0.4, 0.5) is 10.1 Å². The maximum absolute atomic E-state index is 12.8. The Morgan fingerprint density at radius 1 is 0.955 bits per heavy atom. The first kappa shape index (κ1) is 15.7. The number of ketones is 1. The maximum atomic E-state index is 12.8. The highest BCUT2D eigenvalue weighted by atomic mass is 19.1. The summed E-state index contributed by atoms with van der Waals surface area (Å²) in [6.07, 6.45) is 0. The number of ether oxygens (including phenoxy) is 1. The first-order chi connectivity index (χ1) is 10.5. The summed E-state index contributed by atoms with van der Waals surface area (Å²) in [5.74, 6) is -1.37. The van der Waals surface area contributed by atoms with Gasteiger partial charge in [0.25, 0.3) is 0 Å². The number of halogens is 1. The molecule has 0 aliphatic carbocycles. The fourth-order valence-corrected chi connectivity index (χ4v) is 1.83. The van der Waals surface area contributed by atoms with E-state index in [1.807, 2.05) is 19.0 Å². The number of rotatable bonds is 5. The molecule has 2 aromatic carbocycles. The standard InChI is InChI=1S/C17H16FNO3/c1-19(2)15-9-5-13(6-10-15)17(21)22-11-16(20)12-3-7-14(18)8-4-12/h3-10H,11H2,1-2H3. The molecule has 0 bridgehead atoms. The average molecular weight is 301 g/mol. The third kappa shape index (κ3) is 3.91. The Hall–Kier alpha value is -2.69. The van der Waals surface area contributed by atoms with Gasteiger partial charge < -0.3 is 9.64 Å². The SMILES string of the molecule is CN(C)c1ccc(C(=O)OCC(=O)c2ccc(F)cc2)cc1. The molecule has 0 radical (unpaired) electrons. The van der Waals surface area contributed by atoms with Crippen LogP contribution in [-0.4, -0.2) is 32.5 Å². The number of esters is 1. The van der Waals surface area contributed by atoms with Crippen LogP contribution in [0, 0.1) is 5.82 Å². The van der Waals surface area contributed by atoms with Gasteiger partial charge in [-0.05, 0) is 48.5 Å². The lowest BCUT2D eigenvalue weighted by atomic mass is 10.1. The van der Waals surface area contributed by atoms with Gasteiger partial charge in [-0.2, -0.15) is 0 Å². The van der Waals surface area contributed by atoms with Gasteiger partial charge in [-0.15, -0.1) is 0 Å². The monoisotopic (exact) mass is 301 g/mol. The molecule has 0 atom stereocenters. The minimum absolute atomic E-state index is 0.303. The second-order valence-electron chi connectivity index (χ2n) is 4.95. The molecule has 0 aromatic heterocycles. The van der Waals surface area contributed by atoms with Gasteiger partial charge in [-0.3, -0.25) is 4.79 Å². The normalized spacial score (nSPS) is 10.1. The zero-order valence-corrected chi connectivity index (χ0v) is 12.4. The number of anilines is 1. The van der Waals surface area contributed by atoms with Crippen LogP contribution in [0.2, 0.25) is 0 Å². The predicted molar refractivity (Wildman–Crippen MR) is 81.8 cm³/mol. The van der Waals surface area contributed by atoms with Crippen LogP contribution >= 0.6 is 0 Å². The van der Waals surface area contributed by atoms with Crippen molar-refractivity contribution in [3.63, 3.8) is 0 Å². The van der Waals surface area contributed by atoms with Gasteiger partial charge in [0.15, 0.2) is 12.4 Å². The summed E-state index contributed by atoms with van der Waals surface area (Å²) in [7, 11) is 3.80. The second kappa shape index (κ2) is 6.85. The van der Waals surface area contributed by atoms with Crippen LogP contribution in [0.5, 0.6) is 0 Å². The zero-order chi connectivity index (χ0) is 16.1. The van der Waals surface area contributed by atoms with Crippen molar-refractivity contribution in [1.29, 1.82) is 0 Å². The summed E-state index contributed by atoms with van der Waals surface area (Å²) in [5.41, 5.74) is 1.63. The van der Waals surface area contributed by atoms with Gasteiger partial charge in [0.2, 0.25) is 0 Å². The molecule has 0 heterocycles. The molecule has 0 spiro atoms. The molecule has 0 aliphatic heterocycles. The first-order valence-corrected chi connectivity index (χ1v) is 6.70. The molecule has 5 heteroatoms. The average Bonchev–Trinajstić information content (AvgIpc) is 2.53. The molecule has 2 rings (SSSR count). The number of Topliss-reactive ketones (excluding diaryl/α,β-unsaturated/α-hetero) is 1. The van der Waals surface area contributed by atoms with Gasteiger partial charge >= 0.3 is 5.97 Å². The van der Waals surface area contributed by atoms with Crippen LogP contribution in [0.3, 0.4) is 0 Å². The summed E-state index contributed by atoms with van der Waals surface area (Å²) in [4.78, 5) is 25.6. The quantitative estimate of drug-likeness (QED) is 0.629. The third-order valence-electron chi connectivity index (χ3n) is 3.12. The topological polar surface area (TPSA) is 46.6 Å². The Balaban J connectivity index is 1.94. The molecule has 114 valence electrons. The first-order valence-electron chi connectivity index (χ1n) is 6.70. The van der Waals surface area contributed by atoms with E-state index in [0.29, 0.717) is 11.1 Å². The van der Waals surface area contributed by atoms with Crippen molar-refractivity contribution in [2.45, 2.75) is 0 Å². The Morgan fingerprint density at radius 2 is 1.50 bits per heavy atom. The van der Waals surface area contributed by atoms with Crippen LogP contribution in [0.15, 0.2) is 48.5 Å². The highest BCUT2D eigenvalue weighted by Gasteiger charge is 2.12. The molecule has 4 nitrogen and oxygen atoms in total. The smallest absolute Gasteiger partial charge is 0.338 e. The molecule has 0 amide bonds. The molecule has 0 unspecified atom stereocenters. The number of nitrogens with zero attached hydrogens (tertiary/aromatic N) is 1. The van der Waals surface area contributed by atoms with E-state index in [-0.39, 0.29) is 12.4 Å². The molecular formula is C17H16FNO3. The molecular weight excluding hydrogens is 285 g/mol. The highest BCUT2D eigenvalue weighted by Crippen LogP contribution is 2.13. The molecule has 0 fully saturated rings. The zero-order valence-electron chi connectivity index (χ0n) is 12.4. The number of carbonyl (C=O) groups excluding carboxylic acids is 2. The van der Waals surface area contributed by atoms with Gasteiger partial charge in [-0.25, -0.2) is 9.18 Å². The van der Waals surface area contributed by atoms with Crippen molar-refractivity contribution in [3.8, 4) is 0 Å². The summed E-state index contributed by atoms with van der Waals surface area (Å²) in [6.45, 7) is -0.375. The van der Waals surface area contributed by atoms with Gasteiger partial charge in [0.05, 0.1) is 5.56 Å². The minimum Gasteiger partial charge on any atom is -0.454 e. The summed E-state index contributed by atoms with van der Waals surface area (Å²) in [5, 5.41) is 0. The lowest BCUT2D eigenvalue weighted by Gasteiger charge is -2.12. The van der Waals surface area contributed by atoms with Crippen molar-refractivity contribution in [2.24, 2.45) is 0 Å². The summed E-state index contributed by atoms with van der Waals surface area (Å²) in [6, 6.07) is 12.0. The van der Waals surface area contributed by atoms with E-state index in [4.69, 9.17) is 4.74 Å². The molecule has 0 saturated carbocycles. The van der Waals surface area contributed by atoms with E-state index in [0.717, 1.165) is 5.69 Å². The Kier molecular flexibility index (Phi) is 4.88. The number of hydrogen-bond acceptors (Lipinski definition) is 4. The molecule has 0 N–H and O–H groups in total. The van der Waals surface area contributed by atoms with Crippen LogP contribution in [0.25, 0.3) is 0 Å². The largest absolute Gasteiger partial charge is 0.454 e. The fourth-order valence-electron chi connectivity index (χ4n) is 1.83. The van der Waals surface area contributed by atoms with Gasteiger partial charge in [0, 0.05) is 25.3 Å². The van der Waals surface area contributed by atoms with Crippen molar-refractivity contribution in [3.05, 3.63) is 65.5 Å². The van der Waals surface area contributed by atoms with E-state index < -0.39 is 11.8 Å². The van der Waals surface area contributed by atoms with E-state index in [1.54, 1.807) is 24.3 Å². The lowest BCUT2D eigenvalue weighted by molar-refractivity contribution is 0.0474. The van der Waals surface area contributed by atoms with Crippen molar-refractivity contribution >= 4 is 17.4 Å². The molecule has 2 aromatic rings. The van der Waals surface area contributed by atoms with E-state index in [1.165, 1.54) is 24.3 Å². The fraction of sp³-hybridized carbons (Fsp3) is 0.176. The summed E-state index contributed by atoms with van der Waals surface area (Å²) < 4.78 is 17.8. The highest BCUT2D eigenvalue weighted by molar-refractivity contribution is 5.99. The minimum atomic E-state index is -0.569. The lowest BCUT2D eigenvalue weighted by Crippen LogP contribution is -2.14. The second-order valence-corrected chi connectivity index (χ2v) is 4.95. The summed E-state index contributed by atoms with van der Waals surface area (Å²) >= 11 is 0. The van der Waals surface area contributed by atoms with Gasteiger partial charge in [-0.1, -0.05) is 0 Å². The maximum Gasteiger partial charge on any atom is 0.338 e. The Morgan fingerprint density at radius 3 is 2.05 bits per heavy atom. The predicted octanol–water partition coefficient (Wildman–Crippen LogP) is 2.93. The van der Waals surface area contributed by atoms with E-state index >= 15 is 0 Å². The molecule has 22 heavy (non-hydrogen) atoms. The van der Waals surface area contributed by atoms with Crippen molar-refractivity contribution in [2.75, 3.05) is 25.6 Å². The van der Waals surface area contributed by atoms with Crippen molar-refractivity contribution < 1.29 is 18.7 Å². The van der Waals surface area contributed by atoms with Crippen molar-refractivity contribution in [1.82, 2.24) is 0 Å². The Labute approximate surface area is 128 Å². The number of benzene rings is 2. The van der Waals surface area contributed by atoms with Crippen LogP contribution < -0.4 is 4.90 Å². The number of carbonyl (C=O) groups is 2. The van der Waals surface area contributed by atoms with E-state index in [2.05, 4.69) is 0 Å². The van der Waals surface area contributed by atoms with Gasteiger partial charge in [0.1, 0.15) is 5.82 Å². The molecule has 0 aliphatic rings. The van der Waals surface area contributed by atoms with Crippen LogP contribution in [-0.2, 0) is 4.74 Å². The molecule has 0 saturated heterocycles.